The lowest BCUT2D eigenvalue weighted by molar-refractivity contribution is -0.118. The van der Waals surface area contributed by atoms with E-state index in [2.05, 4.69) is 10.4 Å². The number of amides is 1. The minimum atomic E-state index is -0.226. The van der Waals surface area contributed by atoms with Crippen molar-refractivity contribution >= 4 is 11.7 Å². The van der Waals surface area contributed by atoms with E-state index < -0.39 is 0 Å². The number of ether oxygens (including phenoxy) is 1. The number of aromatic nitrogens is 2. The Morgan fingerprint density at radius 2 is 2.10 bits per heavy atom. The molecule has 1 aromatic heterocycles. The molecule has 0 radical (unpaired) electrons. The first-order valence-electron chi connectivity index (χ1n) is 6.31. The Balaban J connectivity index is 1.87. The van der Waals surface area contributed by atoms with Gasteiger partial charge in [0.25, 0.3) is 5.91 Å². The monoisotopic (exact) mass is 274 g/mol. The van der Waals surface area contributed by atoms with Crippen LogP contribution < -0.4 is 15.8 Å². The van der Waals surface area contributed by atoms with Crippen LogP contribution >= 0.6 is 0 Å². The fraction of sp³-hybridized carbons (Fsp3) is 0.286. The highest BCUT2D eigenvalue weighted by atomic mass is 16.5. The molecule has 0 atom stereocenters. The Morgan fingerprint density at radius 1 is 1.40 bits per heavy atom. The van der Waals surface area contributed by atoms with E-state index in [-0.39, 0.29) is 12.5 Å². The van der Waals surface area contributed by atoms with Gasteiger partial charge in [-0.25, -0.2) is 0 Å². The van der Waals surface area contributed by atoms with Crippen molar-refractivity contribution in [3.8, 4) is 5.75 Å². The normalized spacial score (nSPS) is 10.3. The van der Waals surface area contributed by atoms with Crippen molar-refractivity contribution in [2.75, 3.05) is 11.9 Å². The van der Waals surface area contributed by atoms with Gasteiger partial charge in [-0.15, -0.1) is 0 Å². The number of hydrogen-bond donors (Lipinski definition) is 2. The second-order valence-corrected chi connectivity index (χ2v) is 4.48. The van der Waals surface area contributed by atoms with E-state index >= 15 is 0 Å². The van der Waals surface area contributed by atoms with Crippen molar-refractivity contribution in [1.29, 1.82) is 0 Å². The maximum Gasteiger partial charge on any atom is 0.263 e. The van der Waals surface area contributed by atoms with Gasteiger partial charge in [0.05, 0.1) is 5.69 Å². The van der Waals surface area contributed by atoms with Gasteiger partial charge in [0.1, 0.15) is 11.6 Å². The summed E-state index contributed by atoms with van der Waals surface area (Å²) in [5.41, 5.74) is 7.38. The third kappa shape index (κ3) is 3.58. The van der Waals surface area contributed by atoms with Crippen molar-refractivity contribution in [3.63, 3.8) is 0 Å². The lowest BCUT2D eigenvalue weighted by atomic mass is 10.2. The fourth-order valence-electron chi connectivity index (χ4n) is 1.78. The van der Waals surface area contributed by atoms with Crippen LogP contribution in [0.5, 0.6) is 5.75 Å². The minimum Gasteiger partial charge on any atom is -0.484 e. The highest BCUT2D eigenvalue weighted by Crippen LogP contribution is 2.12. The van der Waals surface area contributed by atoms with Gasteiger partial charge >= 0.3 is 0 Å². The fourth-order valence-corrected chi connectivity index (χ4v) is 1.78. The lowest BCUT2D eigenvalue weighted by Crippen LogP contribution is -2.21. The third-order valence-electron chi connectivity index (χ3n) is 2.80. The van der Waals surface area contributed by atoms with Crippen LogP contribution in [0, 0.1) is 6.92 Å². The zero-order chi connectivity index (χ0) is 14.5. The van der Waals surface area contributed by atoms with Gasteiger partial charge in [0.2, 0.25) is 0 Å². The Kier molecular flexibility index (Phi) is 4.37. The molecule has 0 saturated carbocycles. The average molecular weight is 274 g/mol. The van der Waals surface area contributed by atoms with E-state index in [1.54, 1.807) is 29.9 Å². The topological polar surface area (TPSA) is 82.2 Å². The van der Waals surface area contributed by atoms with Crippen LogP contribution in [0.3, 0.4) is 0 Å². The Hall–Kier alpha value is -2.34. The highest BCUT2D eigenvalue weighted by molar-refractivity contribution is 5.91. The molecule has 0 aliphatic carbocycles. The summed E-state index contributed by atoms with van der Waals surface area (Å²) in [5.74, 6) is 1.06. The average Bonchev–Trinajstić information content (AvgIpc) is 2.75. The molecule has 0 bridgehead atoms. The smallest absolute Gasteiger partial charge is 0.263 e. The van der Waals surface area contributed by atoms with E-state index in [1.165, 1.54) is 0 Å². The van der Waals surface area contributed by atoms with Gasteiger partial charge in [-0.1, -0.05) is 12.1 Å². The van der Waals surface area contributed by atoms with Gasteiger partial charge in [0, 0.05) is 19.7 Å². The van der Waals surface area contributed by atoms with Crippen molar-refractivity contribution < 1.29 is 9.53 Å². The van der Waals surface area contributed by atoms with Gasteiger partial charge in [-0.05, 0) is 24.6 Å². The number of hydrogen-bond acceptors (Lipinski definition) is 4. The summed E-state index contributed by atoms with van der Waals surface area (Å²) in [6.07, 6.45) is 0. The number of nitrogens with two attached hydrogens (primary N) is 1. The van der Waals surface area contributed by atoms with Crippen LogP contribution in [0.15, 0.2) is 30.3 Å². The molecular formula is C14H18N4O2. The molecule has 0 aliphatic heterocycles. The van der Waals surface area contributed by atoms with Gasteiger partial charge in [-0.3, -0.25) is 9.48 Å². The molecule has 0 fully saturated rings. The van der Waals surface area contributed by atoms with Crippen molar-refractivity contribution in [1.82, 2.24) is 9.78 Å². The van der Waals surface area contributed by atoms with E-state index in [0.29, 0.717) is 18.1 Å². The molecule has 0 saturated heterocycles. The number of carbonyl (C=O) groups is 1. The van der Waals surface area contributed by atoms with Crippen LogP contribution in [0.1, 0.15) is 11.3 Å². The molecule has 2 aromatic rings. The standard InChI is InChI=1S/C14H18N4O2/c1-10-7-13(18(2)17-10)16-14(19)9-20-12-5-3-11(8-15)4-6-12/h3-7H,8-9,15H2,1-2H3,(H,16,19). The number of anilines is 1. The minimum absolute atomic E-state index is 0.0494. The van der Waals surface area contributed by atoms with E-state index in [9.17, 15) is 4.79 Å². The molecule has 1 amide bonds. The summed E-state index contributed by atoms with van der Waals surface area (Å²) in [4.78, 5) is 11.8. The zero-order valence-electron chi connectivity index (χ0n) is 11.6. The molecule has 6 nitrogen and oxygen atoms in total. The molecule has 1 heterocycles. The highest BCUT2D eigenvalue weighted by Gasteiger charge is 2.07. The Labute approximate surface area is 117 Å². The Bertz CT molecular complexity index is 590. The summed E-state index contributed by atoms with van der Waals surface area (Å²) in [6, 6.07) is 9.14. The zero-order valence-corrected chi connectivity index (χ0v) is 11.6. The predicted octanol–water partition coefficient (Wildman–Crippen LogP) is 1.20. The quantitative estimate of drug-likeness (QED) is 0.858. The maximum atomic E-state index is 11.8. The lowest BCUT2D eigenvalue weighted by Gasteiger charge is -2.08. The second-order valence-electron chi connectivity index (χ2n) is 4.48. The number of carbonyl (C=O) groups excluding carboxylic acids is 1. The summed E-state index contributed by atoms with van der Waals surface area (Å²) in [5, 5.41) is 6.89. The number of nitrogens with one attached hydrogen (secondary N) is 1. The third-order valence-corrected chi connectivity index (χ3v) is 2.80. The van der Waals surface area contributed by atoms with Gasteiger partial charge < -0.3 is 15.8 Å². The van der Waals surface area contributed by atoms with E-state index in [0.717, 1.165) is 11.3 Å². The van der Waals surface area contributed by atoms with Crippen molar-refractivity contribution in [3.05, 3.63) is 41.6 Å². The molecule has 2 rings (SSSR count). The van der Waals surface area contributed by atoms with Crippen molar-refractivity contribution in [2.45, 2.75) is 13.5 Å². The molecule has 0 aliphatic rings. The number of aryl methyl sites for hydroxylation is 2. The summed E-state index contributed by atoms with van der Waals surface area (Å²) < 4.78 is 7.02. The van der Waals surface area contributed by atoms with Crippen LogP contribution in [0.2, 0.25) is 0 Å². The van der Waals surface area contributed by atoms with E-state index in [4.69, 9.17) is 10.5 Å². The second kappa shape index (κ2) is 6.21. The van der Waals surface area contributed by atoms with E-state index in [1.807, 2.05) is 19.1 Å². The summed E-state index contributed by atoms with van der Waals surface area (Å²) >= 11 is 0. The number of benzene rings is 1. The molecule has 6 heteroatoms. The molecular weight excluding hydrogens is 256 g/mol. The van der Waals surface area contributed by atoms with Gasteiger partial charge in [-0.2, -0.15) is 5.10 Å². The number of nitrogens with zero attached hydrogens (tertiary/aromatic N) is 2. The largest absolute Gasteiger partial charge is 0.484 e. The summed E-state index contributed by atoms with van der Waals surface area (Å²) in [6.45, 7) is 2.30. The molecule has 1 aromatic carbocycles. The SMILES string of the molecule is Cc1cc(NC(=O)COc2ccc(CN)cc2)n(C)n1. The number of rotatable bonds is 5. The summed E-state index contributed by atoms with van der Waals surface area (Å²) in [7, 11) is 1.77. The first kappa shape index (κ1) is 14.1. The molecule has 106 valence electrons. The van der Waals surface area contributed by atoms with Gasteiger partial charge in [0.15, 0.2) is 6.61 Å². The van der Waals surface area contributed by atoms with Crippen LogP contribution in [-0.2, 0) is 18.4 Å². The predicted molar refractivity (Wildman–Crippen MR) is 76.4 cm³/mol. The molecule has 0 unspecified atom stereocenters. The maximum absolute atomic E-state index is 11.8. The molecule has 3 N–H and O–H groups in total. The first-order chi connectivity index (χ1) is 9.58. The Morgan fingerprint density at radius 3 is 2.65 bits per heavy atom. The molecule has 20 heavy (non-hydrogen) atoms. The first-order valence-corrected chi connectivity index (χ1v) is 6.31. The van der Waals surface area contributed by atoms with Crippen LogP contribution in [-0.4, -0.2) is 22.3 Å². The van der Waals surface area contributed by atoms with Crippen LogP contribution in [0.4, 0.5) is 5.82 Å². The van der Waals surface area contributed by atoms with Crippen molar-refractivity contribution in [2.24, 2.45) is 12.8 Å². The molecule has 0 spiro atoms. The van der Waals surface area contributed by atoms with Crippen LogP contribution in [0.25, 0.3) is 0 Å².